The van der Waals surface area contributed by atoms with E-state index in [0.29, 0.717) is 38.8 Å². The summed E-state index contributed by atoms with van der Waals surface area (Å²) in [6.07, 6.45) is 10.8. The van der Waals surface area contributed by atoms with Crippen LogP contribution in [0, 0.1) is 11.8 Å². The molecule has 8 rings (SSSR count). The third-order valence-corrected chi connectivity index (χ3v) is 12.0. The number of halogens is 2. The average Bonchev–Trinajstić information content (AvgIpc) is 4.06. The Bertz CT molecular complexity index is 2210. The van der Waals surface area contributed by atoms with Crippen LogP contribution in [0.25, 0.3) is 0 Å². The Labute approximate surface area is 381 Å². The van der Waals surface area contributed by atoms with E-state index in [2.05, 4.69) is 36.5 Å². The van der Waals surface area contributed by atoms with Gasteiger partial charge < -0.3 is 36.2 Å². The van der Waals surface area contributed by atoms with Crippen molar-refractivity contribution in [2.45, 2.75) is 77.3 Å². The van der Waals surface area contributed by atoms with Crippen LogP contribution in [0.1, 0.15) is 98.8 Å². The van der Waals surface area contributed by atoms with Gasteiger partial charge in [-0.05, 0) is 115 Å². The maximum absolute atomic E-state index is 12.9. The predicted molar refractivity (Wildman–Crippen MR) is 256 cm³/mol. The number of nitrogens with one attached hydrogen (secondary N) is 5. The molecule has 3 aliphatic rings. The Hall–Kier alpha value is -5.62. The second kappa shape index (κ2) is 24.3. The van der Waals surface area contributed by atoms with E-state index in [1.54, 1.807) is 30.5 Å². The van der Waals surface area contributed by atoms with Gasteiger partial charge in [0.25, 0.3) is 5.91 Å². The normalized spacial score (nSPS) is 16.0. The lowest BCUT2D eigenvalue weighted by Crippen LogP contribution is -2.37. The van der Waals surface area contributed by atoms with E-state index in [4.69, 9.17) is 27.9 Å². The number of para-hydroxylation sites is 1. The minimum atomic E-state index is -0.303. The van der Waals surface area contributed by atoms with Gasteiger partial charge in [-0.15, -0.1) is 0 Å². The van der Waals surface area contributed by atoms with Gasteiger partial charge in [-0.2, -0.15) is 0 Å². The SMILES string of the molecule is CC.O=C(Nc1ccc(N2CCOCC2)nc1)NC(c1cccc(Cl)c1)C1CCCC1.O=C(Nc1cccc(C(=O)Nc2ccccc2)c1)NC(c1cccc(Cl)c1)C1CCCC1. The molecule has 2 saturated carbocycles. The highest BCUT2D eigenvalue weighted by atomic mass is 35.5. The number of morpholine rings is 1. The average molecular weight is 893 g/mol. The Morgan fingerprint density at radius 1 is 0.603 bits per heavy atom. The molecule has 332 valence electrons. The highest BCUT2D eigenvalue weighted by Gasteiger charge is 2.29. The molecular weight excluding hydrogens is 834 g/mol. The summed E-state index contributed by atoms with van der Waals surface area (Å²) >= 11 is 12.4. The zero-order valence-corrected chi connectivity index (χ0v) is 37.6. The number of hydrogen-bond acceptors (Lipinski definition) is 6. The number of amides is 5. The molecule has 0 spiro atoms. The fraction of sp³-hybridized carbons (Fsp3) is 0.360. The maximum Gasteiger partial charge on any atom is 0.319 e. The first-order valence-corrected chi connectivity index (χ1v) is 22.9. The lowest BCUT2D eigenvalue weighted by molar-refractivity contribution is 0.102. The van der Waals surface area contributed by atoms with Crippen molar-refractivity contribution < 1.29 is 19.1 Å². The molecule has 5 aromatic rings. The van der Waals surface area contributed by atoms with Gasteiger partial charge >= 0.3 is 12.1 Å². The minimum absolute atomic E-state index is 0.0446. The summed E-state index contributed by atoms with van der Waals surface area (Å²) in [7, 11) is 0. The van der Waals surface area contributed by atoms with E-state index in [1.165, 1.54) is 25.7 Å². The number of anilines is 4. The number of carbonyl (C=O) groups excluding carboxylic acids is 3. The van der Waals surface area contributed by atoms with Crippen LogP contribution in [0.5, 0.6) is 0 Å². The van der Waals surface area contributed by atoms with Gasteiger partial charge in [-0.3, -0.25) is 4.79 Å². The van der Waals surface area contributed by atoms with Gasteiger partial charge in [0.1, 0.15) is 5.82 Å². The van der Waals surface area contributed by atoms with Crippen LogP contribution in [0.2, 0.25) is 10.0 Å². The number of aromatic nitrogens is 1. The summed E-state index contributed by atoms with van der Waals surface area (Å²) in [5.74, 6) is 1.48. The number of pyridine rings is 1. The van der Waals surface area contributed by atoms with Crippen molar-refractivity contribution in [3.63, 3.8) is 0 Å². The van der Waals surface area contributed by atoms with E-state index >= 15 is 0 Å². The van der Waals surface area contributed by atoms with E-state index in [0.717, 1.165) is 74.6 Å². The van der Waals surface area contributed by atoms with Crippen molar-refractivity contribution in [1.29, 1.82) is 0 Å². The van der Waals surface area contributed by atoms with Gasteiger partial charge in [0.05, 0.1) is 37.2 Å². The molecule has 63 heavy (non-hydrogen) atoms. The van der Waals surface area contributed by atoms with Crippen LogP contribution in [-0.4, -0.2) is 49.3 Å². The zero-order chi connectivity index (χ0) is 44.4. The van der Waals surface area contributed by atoms with Crippen molar-refractivity contribution in [2.24, 2.45) is 11.8 Å². The van der Waals surface area contributed by atoms with Crippen LogP contribution in [0.3, 0.4) is 0 Å². The first-order chi connectivity index (χ1) is 30.8. The second-order valence-electron chi connectivity index (χ2n) is 15.8. The summed E-state index contributed by atoms with van der Waals surface area (Å²) in [5, 5.41) is 16.3. The number of hydrogen-bond donors (Lipinski definition) is 5. The zero-order valence-electron chi connectivity index (χ0n) is 36.1. The topological polar surface area (TPSA) is 137 Å². The highest BCUT2D eigenvalue weighted by molar-refractivity contribution is 6.31. The fourth-order valence-corrected chi connectivity index (χ4v) is 8.84. The van der Waals surface area contributed by atoms with Crippen molar-refractivity contribution in [3.05, 3.63) is 148 Å². The summed E-state index contributed by atoms with van der Waals surface area (Å²) in [4.78, 5) is 44.8. The molecular formula is C50H59Cl2N7O4. The van der Waals surface area contributed by atoms with Gasteiger partial charge in [0, 0.05) is 40.1 Å². The second-order valence-corrected chi connectivity index (χ2v) is 16.6. The van der Waals surface area contributed by atoms with Gasteiger partial charge in [-0.1, -0.05) is 111 Å². The number of benzene rings is 4. The Morgan fingerprint density at radius 3 is 1.65 bits per heavy atom. The standard InChI is InChI=1S/C26H26ClN3O2.C22H27ClN4O2.C2H6/c27-21-12-6-10-19(16-21)24(18-8-4-5-9-18)30-26(32)29-23-15-7-11-20(17-23)25(31)28-22-13-2-1-3-14-22;23-18-7-3-6-17(14-18)21(16-4-1-2-5-16)26-22(28)25-19-8-9-20(24-15-19)27-10-12-29-13-11-27;1-2/h1-3,6-7,10-18,24H,4-5,8-9H2,(H,28,31)(H2,29,30,32);3,6-9,14-16,21H,1-2,4-5,10-13H2,(H2,25,26,28);1-2H3. The van der Waals surface area contributed by atoms with Crippen LogP contribution >= 0.6 is 23.2 Å². The van der Waals surface area contributed by atoms with Crippen LogP contribution < -0.4 is 31.5 Å². The number of rotatable bonds is 11. The molecule has 2 heterocycles. The molecule has 5 amide bonds. The minimum Gasteiger partial charge on any atom is -0.378 e. The summed E-state index contributed by atoms with van der Waals surface area (Å²) in [6.45, 7) is 7.11. The number of nitrogens with zero attached hydrogens (tertiary/aromatic N) is 2. The fourth-order valence-electron chi connectivity index (χ4n) is 8.45. The maximum atomic E-state index is 12.9. The molecule has 13 heteroatoms. The van der Waals surface area contributed by atoms with E-state index in [-0.39, 0.29) is 30.1 Å². The molecule has 2 aliphatic carbocycles. The molecule has 1 aliphatic heterocycles. The molecule has 11 nitrogen and oxygen atoms in total. The Morgan fingerprint density at radius 2 is 1.13 bits per heavy atom. The number of carbonyl (C=O) groups is 3. The lowest BCUT2D eigenvalue weighted by Gasteiger charge is -2.28. The molecule has 2 atom stereocenters. The van der Waals surface area contributed by atoms with Crippen LogP contribution in [0.4, 0.5) is 32.5 Å². The van der Waals surface area contributed by atoms with Crippen molar-refractivity contribution in [2.75, 3.05) is 47.2 Å². The highest BCUT2D eigenvalue weighted by Crippen LogP contribution is 2.38. The van der Waals surface area contributed by atoms with Gasteiger partial charge in [0.15, 0.2) is 0 Å². The van der Waals surface area contributed by atoms with E-state index in [1.807, 2.05) is 105 Å². The van der Waals surface area contributed by atoms with Gasteiger partial charge in [0.2, 0.25) is 0 Å². The monoisotopic (exact) mass is 891 g/mol. The number of ether oxygens (including phenoxy) is 1. The molecule has 0 bridgehead atoms. The van der Waals surface area contributed by atoms with Crippen molar-refractivity contribution >= 4 is 64.1 Å². The molecule has 1 saturated heterocycles. The molecule has 0 radical (unpaired) electrons. The molecule has 1 aromatic heterocycles. The van der Waals surface area contributed by atoms with E-state index in [9.17, 15) is 14.4 Å². The van der Waals surface area contributed by atoms with Crippen molar-refractivity contribution in [3.8, 4) is 0 Å². The lowest BCUT2D eigenvalue weighted by atomic mass is 9.92. The summed E-state index contributed by atoms with van der Waals surface area (Å²) in [6, 6.07) is 34.8. The molecule has 2 unspecified atom stereocenters. The third-order valence-electron chi connectivity index (χ3n) is 11.5. The Balaban J connectivity index is 0.000000203. The van der Waals surface area contributed by atoms with Crippen LogP contribution in [0.15, 0.2) is 121 Å². The first-order valence-electron chi connectivity index (χ1n) is 22.2. The predicted octanol–water partition coefficient (Wildman–Crippen LogP) is 12.3. The summed E-state index contributed by atoms with van der Waals surface area (Å²) in [5.41, 5.74) is 4.48. The molecule has 3 fully saturated rings. The van der Waals surface area contributed by atoms with Gasteiger partial charge in [-0.25, -0.2) is 14.6 Å². The quantitative estimate of drug-likeness (QED) is 0.0896. The van der Waals surface area contributed by atoms with Crippen LogP contribution in [-0.2, 0) is 4.74 Å². The van der Waals surface area contributed by atoms with Crippen molar-refractivity contribution in [1.82, 2.24) is 15.6 Å². The first kappa shape index (κ1) is 46.9. The summed E-state index contributed by atoms with van der Waals surface area (Å²) < 4.78 is 5.38. The van der Waals surface area contributed by atoms with E-state index < -0.39 is 0 Å². The Kier molecular flexibility index (Phi) is 18.1. The molecule has 4 aromatic carbocycles. The smallest absolute Gasteiger partial charge is 0.319 e. The molecule has 5 N–H and O–H groups in total. The largest absolute Gasteiger partial charge is 0.378 e. The number of urea groups is 2. The third kappa shape index (κ3) is 14.2.